The van der Waals surface area contributed by atoms with Crippen LogP contribution in [0.15, 0.2) is 9.59 Å². The van der Waals surface area contributed by atoms with Crippen LogP contribution in [-0.2, 0) is 0 Å². The zero-order chi connectivity index (χ0) is 12.1. The summed E-state index contributed by atoms with van der Waals surface area (Å²) in [6, 6.07) is 0.0597. The Morgan fingerprint density at radius 2 is 2.12 bits per heavy atom. The highest BCUT2D eigenvalue weighted by Crippen LogP contribution is 2.09. The average molecular weight is 227 g/mol. The van der Waals surface area contributed by atoms with Gasteiger partial charge in [0.05, 0.1) is 0 Å². The van der Waals surface area contributed by atoms with Crippen LogP contribution in [0.2, 0.25) is 0 Å². The van der Waals surface area contributed by atoms with E-state index < -0.39 is 11.2 Å². The van der Waals surface area contributed by atoms with Crippen molar-refractivity contribution in [1.82, 2.24) is 15.2 Å². The Morgan fingerprint density at radius 1 is 1.44 bits per heavy atom. The average Bonchev–Trinajstić information content (AvgIpc) is 2.20. The number of hydrogen-bond donors (Lipinski definition) is 4. The standard InChI is InChI=1S/C9H17N5O2/c1-5(2)6(3-4-10)11-7-8(15)12-9(16)14-13-7/h5-6H,3-4,10H2,1-2H3,(H,11,13)(H2,12,14,15,16). The van der Waals surface area contributed by atoms with Crippen LogP contribution >= 0.6 is 0 Å². The van der Waals surface area contributed by atoms with E-state index in [-0.39, 0.29) is 11.9 Å². The van der Waals surface area contributed by atoms with E-state index >= 15 is 0 Å². The Hall–Kier alpha value is -1.63. The van der Waals surface area contributed by atoms with E-state index in [1.165, 1.54) is 0 Å². The number of rotatable bonds is 5. The van der Waals surface area contributed by atoms with Crippen LogP contribution in [0, 0.1) is 5.92 Å². The minimum Gasteiger partial charge on any atom is -0.361 e. The lowest BCUT2D eigenvalue weighted by atomic mass is 10.0. The molecule has 0 aliphatic rings. The van der Waals surface area contributed by atoms with Crippen molar-refractivity contribution in [1.29, 1.82) is 0 Å². The molecule has 1 rings (SSSR count). The maximum Gasteiger partial charge on any atom is 0.342 e. The van der Waals surface area contributed by atoms with Gasteiger partial charge >= 0.3 is 5.69 Å². The molecule has 1 aromatic rings. The van der Waals surface area contributed by atoms with Crippen LogP contribution < -0.4 is 22.3 Å². The smallest absolute Gasteiger partial charge is 0.342 e. The van der Waals surface area contributed by atoms with Gasteiger partial charge in [0.2, 0.25) is 5.82 Å². The zero-order valence-corrected chi connectivity index (χ0v) is 9.41. The minimum atomic E-state index is -0.615. The van der Waals surface area contributed by atoms with Crippen LogP contribution in [0.4, 0.5) is 5.82 Å². The largest absolute Gasteiger partial charge is 0.361 e. The highest BCUT2D eigenvalue weighted by Gasteiger charge is 2.14. The predicted octanol–water partition coefficient (Wildman–Crippen LogP) is -0.756. The maximum absolute atomic E-state index is 11.4. The van der Waals surface area contributed by atoms with Crippen LogP contribution in [0.5, 0.6) is 0 Å². The number of H-pyrrole nitrogens is 2. The van der Waals surface area contributed by atoms with Gasteiger partial charge in [-0.3, -0.25) is 9.78 Å². The van der Waals surface area contributed by atoms with Gasteiger partial charge in [-0.2, -0.15) is 0 Å². The molecule has 1 unspecified atom stereocenters. The molecule has 0 aromatic carbocycles. The first-order chi connectivity index (χ1) is 7.54. The van der Waals surface area contributed by atoms with Crippen molar-refractivity contribution in [3.8, 4) is 0 Å². The SMILES string of the molecule is CC(C)C(CCN)Nc1n[nH]c(=O)[nH]c1=O. The molecule has 0 spiro atoms. The van der Waals surface area contributed by atoms with Crippen LogP contribution in [0.25, 0.3) is 0 Å². The predicted molar refractivity (Wildman–Crippen MR) is 61.4 cm³/mol. The van der Waals surface area contributed by atoms with Crippen molar-refractivity contribution >= 4 is 5.82 Å². The fourth-order valence-electron chi connectivity index (χ4n) is 1.37. The normalized spacial score (nSPS) is 12.8. The molecule has 0 radical (unpaired) electrons. The summed E-state index contributed by atoms with van der Waals surface area (Å²) in [6.45, 7) is 4.57. The molecule has 16 heavy (non-hydrogen) atoms. The van der Waals surface area contributed by atoms with E-state index in [0.29, 0.717) is 12.5 Å². The molecule has 90 valence electrons. The number of anilines is 1. The molecule has 0 aliphatic heterocycles. The molecular formula is C9H17N5O2. The van der Waals surface area contributed by atoms with Crippen molar-refractivity contribution in [2.75, 3.05) is 11.9 Å². The molecule has 1 atom stereocenters. The molecule has 0 fully saturated rings. The van der Waals surface area contributed by atoms with Crippen molar-refractivity contribution in [2.24, 2.45) is 11.7 Å². The lowest BCUT2D eigenvalue weighted by molar-refractivity contribution is 0.496. The lowest BCUT2D eigenvalue weighted by Crippen LogP contribution is -2.34. The Kier molecular flexibility index (Phi) is 4.24. The second kappa shape index (κ2) is 5.45. The minimum absolute atomic E-state index is 0.0597. The van der Waals surface area contributed by atoms with Crippen LogP contribution in [0.3, 0.4) is 0 Å². The van der Waals surface area contributed by atoms with Crippen molar-refractivity contribution < 1.29 is 0 Å². The van der Waals surface area contributed by atoms with E-state index in [1.54, 1.807) is 0 Å². The van der Waals surface area contributed by atoms with E-state index in [4.69, 9.17) is 5.73 Å². The van der Waals surface area contributed by atoms with Gasteiger partial charge in [0.25, 0.3) is 5.56 Å². The molecule has 0 amide bonds. The molecule has 0 saturated carbocycles. The number of aromatic amines is 2. The van der Waals surface area contributed by atoms with Crippen molar-refractivity contribution in [2.45, 2.75) is 26.3 Å². The number of aromatic nitrogens is 3. The zero-order valence-electron chi connectivity index (χ0n) is 9.41. The summed E-state index contributed by atoms with van der Waals surface area (Å²) in [5, 5.41) is 8.79. The van der Waals surface area contributed by atoms with Gasteiger partial charge in [0.1, 0.15) is 0 Å². The van der Waals surface area contributed by atoms with Gasteiger partial charge in [0.15, 0.2) is 0 Å². The first kappa shape index (κ1) is 12.4. The van der Waals surface area contributed by atoms with Gasteiger partial charge in [-0.1, -0.05) is 13.8 Å². The third-order valence-electron chi connectivity index (χ3n) is 2.32. The van der Waals surface area contributed by atoms with Crippen molar-refractivity contribution in [3.05, 3.63) is 20.8 Å². The summed E-state index contributed by atoms with van der Waals surface area (Å²) >= 11 is 0. The number of nitrogens with two attached hydrogens (primary N) is 1. The fourth-order valence-corrected chi connectivity index (χ4v) is 1.37. The molecule has 0 saturated heterocycles. The van der Waals surface area contributed by atoms with Gasteiger partial charge in [0, 0.05) is 6.04 Å². The number of hydrogen-bond acceptors (Lipinski definition) is 5. The van der Waals surface area contributed by atoms with Crippen LogP contribution in [-0.4, -0.2) is 27.8 Å². The molecule has 0 aliphatic carbocycles. The summed E-state index contributed by atoms with van der Waals surface area (Å²) in [6.07, 6.45) is 0.734. The molecule has 7 nitrogen and oxygen atoms in total. The summed E-state index contributed by atoms with van der Waals surface area (Å²) in [5.74, 6) is 0.434. The van der Waals surface area contributed by atoms with E-state index in [1.807, 2.05) is 13.8 Å². The fraction of sp³-hybridized carbons (Fsp3) is 0.667. The summed E-state index contributed by atoms with van der Waals surface area (Å²) in [4.78, 5) is 24.2. The quantitative estimate of drug-likeness (QED) is 0.527. The van der Waals surface area contributed by atoms with Gasteiger partial charge in [-0.05, 0) is 18.9 Å². The number of nitrogens with zero attached hydrogens (tertiary/aromatic N) is 1. The van der Waals surface area contributed by atoms with E-state index in [9.17, 15) is 9.59 Å². The molecule has 1 heterocycles. The van der Waals surface area contributed by atoms with Crippen LogP contribution in [0.1, 0.15) is 20.3 Å². The third kappa shape index (κ3) is 3.20. The highest BCUT2D eigenvalue weighted by atomic mass is 16.2. The molecule has 0 bridgehead atoms. The first-order valence-electron chi connectivity index (χ1n) is 5.20. The first-order valence-corrected chi connectivity index (χ1v) is 5.20. The molecular weight excluding hydrogens is 210 g/mol. The van der Waals surface area contributed by atoms with Gasteiger partial charge in [-0.15, -0.1) is 5.10 Å². The maximum atomic E-state index is 11.4. The van der Waals surface area contributed by atoms with Gasteiger partial charge < -0.3 is 11.1 Å². The second-order valence-electron chi connectivity index (χ2n) is 3.93. The highest BCUT2D eigenvalue weighted by molar-refractivity contribution is 5.30. The Morgan fingerprint density at radius 3 is 2.62 bits per heavy atom. The number of nitrogens with one attached hydrogen (secondary N) is 3. The van der Waals surface area contributed by atoms with Crippen molar-refractivity contribution in [3.63, 3.8) is 0 Å². The Balaban J connectivity index is 2.85. The Labute approximate surface area is 92.5 Å². The topological polar surface area (TPSA) is 117 Å². The van der Waals surface area contributed by atoms with E-state index in [0.717, 1.165) is 6.42 Å². The molecule has 1 aromatic heterocycles. The lowest BCUT2D eigenvalue weighted by Gasteiger charge is -2.21. The van der Waals surface area contributed by atoms with Gasteiger partial charge in [-0.25, -0.2) is 9.89 Å². The Bertz CT molecular complexity index is 436. The third-order valence-corrected chi connectivity index (χ3v) is 2.32. The summed E-state index contributed by atoms with van der Waals surface area (Å²) in [5.41, 5.74) is 4.34. The van der Waals surface area contributed by atoms with E-state index in [2.05, 4.69) is 20.5 Å². The second-order valence-corrected chi connectivity index (χ2v) is 3.93. The molecule has 5 N–H and O–H groups in total. The monoisotopic (exact) mass is 227 g/mol. The molecule has 7 heteroatoms. The summed E-state index contributed by atoms with van der Waals surface area (Å²) < 4.78 is 0. The summed E-state index contributed by atoms with van der Waals surface area (Å²) in [7, 11) is 0.